The van der Waals surface area contributed by atoms with Crippen molar-refractivity contribution in [2.75, 3.05) is 6.54 Å². The number of hydrogen-bond donors (Lipinski definition) is 2. The van der Waals surface area contributed by atoms with Crippen LogP contribution in [0.15, 0.2) is 33.7 Å². The lowest BCUT2D eigenvalue weighted by molar-refractivity contribution is -0.146. The molecule has 1 amide bonds. The molecule has 0 saturated carbocycles. The highest BCUT2D eigenvalue weighted by molar-refractivity contribution is 7.98. The van der Waals surface area contributed by atoms with Crippen LogP contribution in [0.1, 0.15) is 41.2 Å². The van der Waals surface area contributed by atoms with Crippen LogP contribution in [-0.4, -0.2) is 28.7 Å². The molecular formula is C18H22N2O4S. The number of aryl methyl sites for hydroxylation is 2. The number of rotatable bonds is 7. The lowest BCUT2D eigenvalue weighted by Gasteiger charge is -2.20. The van der Waals surface area contributed by atoms with Crippen LogP contribution < -0.4 is 5.32 Å². The molecule has 25 heavy (non-hydrogen) atoms. The second kappa shape index (κ2) is 7.74. The van der Waals surface area contributed by atoms with Crippen molar-refractivity contribution in [3.63, 3.8) is 0 Å². The molecule has 1 heterocycles. The number of aliphatic carboxylic acids is 1. The summed E-state index contributed by atoms with van der Waals surface area (Å²) in [5.74, 6) is 0.187. The average molecular weight is 362 g/mol. The van der Waals surface area contributed by atoms with E-state index in [1.165, 1.54) is 11.8 Å². The van der Waals surface area contributed by atoms with Crippen LogP contribution in [0.2, 0.25) is 0 Å². The number of nitrogens with one attached hydrogen (secondary N) is 1. The van der Waals surface area contributed by atoms with Gasteiger partial charge in [0, 0.05) is 22.8 Å². The summed E-state index contributed by atoms with van der Waals surface area (Å²) in [5, 5.41) is 15.8. The van der Waals surface area contributed by atoms with Gasteiger partial charge in [0.2, 0.25) is 0 Å². The highest BCUT2D eigenvalue weighted by atomic mass is 32.2. The normalized spacial score (nSPS) is 11.4. The molecule has 1 aromatic heterocycles. The van der Waals surface area contributed by atoms with E-state index in [4.69, 9.17) is 9.63 Å². The highest BCUT2D eigenvalue weighted by Crippen LogP contribution is 2.29. The predicted molar refractivity (Wildman–Crippen MR) is 95.7 cm³/mol. The summed E-state index contributed by atoms with van der Waals surface area (Å²) in [5.41, 5.74) is 1.37. The van der Waals surface area contributed by atoms with E-state index < -0.39 is 11.4 Å². The van der Waals surface area contributed by atoms with Crippen LogP contribution >= 0.6 is 11.8 Å². The van der Waals surface area contributed by atoms with Crippen molar-refractivity contribution in [1.29, 1.82) is 0 Å². The quantitative estimate of drug-likeness (QED) is 0.733. The summed E-state index contributed by atoms with van der Waals surface area (Å²) in [6.07, 6.45) is 0. The number of hydrogen-bond acceptors (Lipinski definition) is 5. The smallest absolute Gasteiger partial charge is 0.310 e. The van der Waals surface area contributed by atoms with Crippen molar-refractivity contribution in [2.24, 2.45) is 5.41 Å². The molecule has 6 nitrogen and oxygen atoms in total. The van der Waals surface area contributed by atoms with Gasteiger partial charge in [0.05, 0.1) is 16.7 Å². The molecule has 0 atom stereocenters. The molecule has 0 radical (unpaired) electrons. The zero-order chi connectivity index (χ0) is 18.6. The lowest BCUT2D eigenvalue weighted by Crippen LogP contribution is -2.39. The number of nitrogens with zero attached hydrogens (tertiary/aromatic N) is 1. The number of amides is 1. The van der Waals surface area contributed by atoms with Gasteiger partial charge in [-0.25, -0.2) is 0 Å². The first-order chi connectivity index (χ1) is 11.7. The van der Waals surface area contributed by atoms with Crippen molar-refractivity contribution in [3.05, 3.63) is 46.8 Å². The summed E-state index contributed by atoms with van der Waals surface area (Å²) in [6.45, 7) is 6.97. The fraction of sp³-hybridized carbons (Fsp3) is 0.389. The third-order valence-corrected chi connectivity index (χ3v) is 5.05. The van der Waals surface area contributed by atoms with E-state index in [2.05, 4.69) is 10.5 Å². The van der Waals surface area contributed by atoms with Gasteiger partial charge in [-0.05, 0) is 39.8 Å². The van der Waals surface area contributed by atoms with Crippen molar-refractivity contribution in [1.82, 2.24) is 10.5 Å². The number of carbonyl (C=O) groups excluding carboxylic acids is 1. The Bertz CT molecular complexity index is 764. The minimum Gasteiger partial charge on any atom is -0.481 e. The minimum absolute atomic E-state index is 0.0596. The van der Waals surface area contributed by atoms with E-state index in [1.807, 2.05) is 26.0 Å². The molecular weight excluding hydrogens is 340 g/mol. The molecule has 2 N–H and O–H groups in total. The predicted octanol–water partition coefficient (Wildman–Crippen LogP) is 3.42. The van der Waals surface area contributed by atoms with E-state index in [-0.39, 0.29) is 12.5 Å². The number of aromatic nitrogens is 1. The van der Waals surface area contributed by atoms with Gasteiger partial charge >= 0.3 is 5.97 Å². The Morgan fingerprint density at radius 2 is 1.96 bits per heavy atom. The molecule has 0 aliphatic carbocycles. The SMILES string of the molecule is Cc1noc(C)c1CSc1ccccc1C(=O)NCC(C)(C)C(=O)O. The van der Waals surface area contributed by atoms with Gasteiger partial charge in [-0.15, -0.1) is 11.8 Å². The molecule has 2 aromatic rings. The summed E-state index contributed by atoms with van der Waals surface area (Å²) >= 11 is 1.52. The number of benzene rings is 1. The minimum atomic E-state index is -1.02. The Kier molecular flexibility index (Phi) is 5.89. The molecule has 0 unspecified atom stereocenters. The molecule has 7 heteroatoms. The maximum absolute atomic E-state index is 12.5. The molecule has 134 valence electrons. The topological polar surface area (TPSA) is 92.4 Å². The van der Waals surface area contributed by atoms with Gasteiger partial charge in [0.25, 0.3) is 5.91 Å². The van der Waals surface area contributed by atoms with Crippen LogP contribution in [0.25, 0.3) is 0 Å². The van der Waals surface area contributed by atoms with Crippen molar-refractivity contribution < 1.29 is 19.2 Å². The maximum Gasteiger partial charge on any atom is 0.310 e. The van der Waals surface area contributed by atoms with Crippen LogP contribution in [0.4, 0.5) is 0 Å². The monoisotopic (exact) mass is 362 g/mol. The fourth-order valence-electron chi connectivity index (χ4n) is 2.11. The zero-order valence-corrected chi connectivity index (χ0v) is 15.6. The Morgan fingerprint density at radius 1 is 1.28 bits per heavy atom. The van der Waals surface area contributed by atoms with Crippen LogP contribution in [-0.2, 0) is 10.5 Å². The molecule has 0 aliphatic rings. The van der Waals surface area contributed by atoms with Gasteiger partial charge in [0.1, 0.15) is 5.76 Å². The highest BCUT2D eigenvalue weighted by Gasteiger charge is 2.28. The van der Waals surface area contributed by atoms with Crippen LogP contribution in [0.3, 0.4) is 0 Å². The van der Waals surface area contributed by atoms with Crippen molar-refractivity contribution in [2.45, 2.75) is 38.3 Å². The van der Waals surface area contributed by atoms with Gasteiger partial charge in [-0.2, -0.15) is 0 Å². The molecule has 0 spiro atoms. The summed E-state index contributed by atoms with van der Waals surface area (Å²) in [6, 6.07) is 7.27. The third kappa shape index (κ3) is 4.63. The Labute approximate surface area is 151 Å². The standard InChI is InChI=1S/C18H22N2O4S/c1-11-14(12(2)24-20-11)9-25-15-8-6-5-7-13(15)16(21)19-10-18(3,4)17(22)23/h5-8H,9-10H2,1-4H3,(H,19,21)(H,22,23). The van der Waals surface area contributed by atoms with E-state index in [0.29, 0.717) is 11.3 Å². The van der Waals surface area contributed by atoms with E-state index in [0.717, 1.165) is 21.9 Å². The first-order valence-corrected chi connectivity index (χ1v) is 8.86. The maximum atomic E-state index is 12.5. The van der Waals surface area contributed by atoms with Gasteiger partial charge < -0.3 is 14.9 Å². The number of thioether (sulfide) groups is 1. The average Bonchev–Trinajstić information content (AvgIpc) is 2.89. The van der Waals surface area contributed by atoms with Gasteiger partial charge in [-0.1, -0.05) is 17.3 Å². The van der Waals surface area contributed by atoms with E-state index in [1.54, 1.807) is 26.0 Å². The number of carbonyl (C=O) groups is 2. The molecule has 2 rings (SSSR count). The number of carboxylic acid groups (broad SMARTS) is 1. The Morgan fingerprint density at radius 3 is 2.56 bits per heavy atom. The summed E-state index contributed by atoms with van der Waals surface area (Å²) in [7, 11) is 0. The Balaban J connectivity index is 2.09. The fourth-order valence-corrected chi connectivity index (χ4v) is 3.31. The molecule has 0 aliphatic heterocycles. The van der Waals surface area contributed by atoms with Crippen LogP contribution in [0.5, 0.6) is 0 Å². The van der Waals surface area contributed by atoms with E-state index >= 15 is 0 Å². The summed E-state index contributed by atoms with van der Waals surface area (Å²) < 4.78 is 5.16. The zero-order valence-electron chi connectivity index (χ0n) is 14.8. The van der Waals surface area contributed by atoms with Crippen molar-refractivity contribution >= 4 is 23.6 Å². The van der Waals surface area contributed by atoms with Crippen LogP contribution in [0, 0.1) is 19.3 Å². The lowest BCUT2D eigenvalue weighted by atomic mass is 9.94. The van der Waals surface area contributed by atoms with E-state index in [9.17, 15) is 9.59 Å². The molecule has 0 fully saturated rings. The largest absolute Gasteiger partial charge is 0.481 e. The second-order valence-electron chi connectivity index (χ2n) is 6.46. The molecule has 0 bridgehead atoms. The summed E-state index contributed by atoms with van der Waals surface area (Å²) in [4.78, 5) is 24.5. The second-order valence-corrected chi connectivity index (χ2v) is 7.48. The third-order valence-electron chi connectivity index (χ3n) is 3.95. The first-order valence-electron chi connectivity index (χ1n) is 7.87. The first kappa shape index (κ1) is 19.1. The van der Waals surface area contributed by atoms with Crippen molar-refractivity contribution in [3.8, 4) is 0 Å². The number of carboxylic acids is 1. The Hall–Kier alpha value is -2.28. The molecule has 0 saturated heterocycles. The van der Waals surface area contributed by atoms with Gasteiger partial charge in [-0.3, -0.25) is 9.59 Å². The van der Waals surface area contributed by atoms with Gasteiger partial charge in [0.15, 0.2) is 0 Å². The molecule has 1 aromatic carbocycles.